The van der Waals surface area contributed by atoms with Gasteiger partial charge in [0.15, 0.2) is 5.16 Å². The Morgan fingerprint density at radius 2 is 2.00 bits per heavy atom. The van der Waals surface area contributed by atoms with E-state index >= 15 is 0 Å². The van der Waals surface area contributed by atoms with Gasteiger partial charge < -0.3 is 10.2 Å². The highest BCUT2D eigenvalue weighted by Crippen LogP contribution is 2.41. The summed E-state index contributed by atoms with van der Waals surface area (Å²) in [5.41, 5.74) is 0. The van der Waals surface area contributed by atoms with Crippen molar-refractivity contribution in [3.05, 3.63) is 0 Å². The minimum absolute atomic E-state index is 0.0792. The van der Waals surface area contributed by atoms with Gasteiger partial charge in [0, 0.05) is 25.7 Å². The molecule has 1 aromatic heterocycles. The van der Waals surface area contributed by atoms with Crippen LogP contribution in [0.1, 0.15) is 52.0 Å². The number of nitrogens with one attached hydrogen (secondary N) is 1. The number of amides is 1. The van der Waals surface area contributed by atoms with E-state index in [0.29, 0.717) is 11.8 Å². The van der Waals surface area contributed by atoms with Crippen LogP contribution in [-0.4, -0.2) is 46.1 Å². The van der Waals surface area contributed by atoms with Crippen LogP contribution < -0.4 is 10.2 Å². The molecule has 0 unspecified atom stereocenters. The molecule has 23 heavy (non-hydrogen) atoms. The lowest BCUT2D eigenvalue weighted by molar-refractivity contribution is -0.118. The molecule has 2 aliphatic rings. The molecule has 1 aliphatic carbocycles. The van der Waals surface area contributed by atoms with Crippen LogP contribution >= 0.6 is 11.8 Å². The van der Waals surface area contributed by atoms with E-state index in [-0.39, 0.29) is 5.91 Å². The van der Waals surface area contributed by atoms with E-state index in [1.54, 1.807) is 0 Å². The van der Waals surface area contributed by atoms with Crippen LogP contribution in [-0.2, 0) is 4.79 Å². The molecule has 7 heteroatoms. The van der Waals surface area contributed by atoms with E-state index in [0.717, 1.165) is 43.1 Å². The number of aromatic nitrogens is 3. The predicted molar refractivity (Wildman–Crippen MR) is 92.9 cm³/mol. The maximum Gasteiger partial charge on any atom is 0.230 e. The van der Waals surface area contributed by atoms with Crippen LogP contribution in [0.5, 0.6) is 0 Å². The average Bonchev–Trinajstić information content (AvgIpc) is 3.31. The van der Waals surface area contributed by atoms with Crippen molar-refractivity contribution in [2.45, 2.75) is 57.1 Å². The lowest BCUT2D eigenvalue weighted by atomic mass is 10.00. The van der Waals surface area contributed by atoms with Gasteiger partial charge in [-0.1, -0.05) is 25.6 Å². The maximum absolute atomic E-state index is 11.8. The van der Waals surface area contributed by atoms with Crippen molar-refractivity contribution < 1.29 is 4.79 Å². The molecule has 1 aliphatic heterocycles. The highest BCUT2D eigenvalue weighted by atomic mass is 32.2. The first kappa shape index (κ1) is 16.6. The highest BCUT2D eigenvalue weighted by molar-refractivity contribution is 7.99. The molecule has 1 saturated carbocycles. The van der Waals surface area contributed by atoms with Crippen molar-refractivity contribution >= 4 is 23.6 Å². The Balaban J connectivity index is 1.65. The van der Waals surface area contributed by atoms with Crippen LogP contribution in [0.4, 0.5) is 5.95 Å². The molecule has 3 rings (SSSR count). The normalized spacial score (nSPS) is 19.1. The third-order valence-electron chi connectivity index (χ3n) is 4.53. The zero-order chi connectivity index (χ0) is 16.2. The van der Waals surface area contributed by atoms with Crippen molar-refractivity contribution in [2.75, 3.05) is 30.3 Å². The molecule has 128 valence electrons. The van der Waals surface area contributed by atoms with Crippen LogP contribution in [0.2, 0.25) is 0 Å². The summed E-state index contributed by atoms with van der Waals surface area (Å²) < 4.78 is 2.27. The van der Waals surface area contributed by atoms with Gasteiger partial charge in [0.25, 0.3) is 0 Å². The Morgan fingerprint density at radius 3 is 2.65 bits per heavy atom. The molecule has 2 heterocycles. The van der Waals surface area contributed by atoms with Crippen molar-refractivity contribution in [3.8, 4) is 0 Å². The number of piperidine rings is 1. The first-order valence-corrected chi connectivity index (χ1v) is 9.77. The lowest BCUT2D eigenvalue weighted by Gasteiger charge is -2.31. The van der Waals surface area contributed by atoms with E-state index in [2.05, 4.69) is 38.8 Å². The largest absolute Gasteiger partial charge is 0.355 e. The molecule has 2 fully saturated rings. The summed E-state index contributed by atoms with van der Waals surface area (Å²) >= 11 is 1.51. The Labute approximate surface area is 142 Å². The summed E-state index contributed by atoms with van der Waals surface area (Å²) in [4.78, 5) is 14.2. The van der Waals surface area contributed by atoms with E-state index in [4.69, 9.17) is 0 Å². The Bertz CT molecular complexity index is 535. The summed E-state index contributed by atoms with van der Waals surface area (Å²) in [6.07, 6.45) is 5.81. The number of nitrogens with zero attached hydrogens (tertiary/aromatic N) is 4. The third kappa shape index (κ3) is 4.19. The number of anilines is 1. The standard InChI is InChI=1S/C16H27N5OS/c1-3-8-17-14(22)11-23-16-19-18-15(21(16)13-4-5-13)20-9-6-12(2)7-10-20/h12-13H,3-11H2,1-2H3,(H,17,22). The molecule has 0 radical (unpaired) electrons. The van der Waals surface area contributed by atoms with Gasteiger partial charge in [-0.25, -0.2) is 0 Å². The topological polar surface area (TPSA) is 63.1 Å². The van der Waals surface area contributed by atoms with Crippen LogP contribution in [0.25, 0.3) is 0 Å². The van der Waals surface area contributed by atoms with Gasteiger partial charge in [-0.2, -0.15) is 0 Å². The van der Waals surface area contributed by atoms with E-state index in [1.165, 1.54) is 37.4 Å². The fourth-order valence-corrected chi connectivity index (χ4v) is 3.72. The summed E-state index contributed by atoms with van der Waals surface area (Å²) in [6.45, 7) is 7.25. The molecule has 1 N–H and O–H groups in total. The first-order valence-electron chi connectivity index (χ1n) is 8.78. The van der Waals surface area contributed by atoms with Crippen LogP contribution in [0.15, 0.2) is 5.16 Å². The zero-order valence-electron chi connectivity index (χ0n) is 14.1. The van der Waals surface area contributed by atoms with Crippen molar-refractivity contribution in [3.63, 3.8) is 0 Å². The molecular weight excluding hydrogens is 310 g/mol. The minimum Gasteiger partial charge on any atom is -0.355 e. The Kier molecular flexibility index (Phi) is 5.46. The molecule has 1 amide bonds. The van der Waals surface area contributed by atoms with Crippen molar-refractivity contribution in [1.82, 2.24) is 20.1 Å². The average molecular weight is 337 g/mol. The summed E-state index contributed by atoms with van der Waals surface area (Å²) in [5.74, 6) is 2.31. The Hall–Kier alpha value is -1.24. The number of carbonyl (C=O) groups excluding carboxylic acids is 1. The van der Waals surface area contributed by atoms with Gasteiger partial charge >= 0.3 is 0 Å². The fraction of sp³-hybridized carbons (Fsp3) is 0.812. The number of carbonyl (C=O) groups is 1. The molecule has 1 saturated heterocycles. The molecule has 0 aromatic carbocycles. The van der Waals surface area contributed by atoms with Gasteiger partial charge in [-0.15, -0.1) is 10.2 Å². The number of thioether (sulfide) groups is 1. The van der Waals surface area contributed by atoms with E-state index in [1.807, 2.05) is 0 Å². The second kappa shape index (κ2) is 7.55. The first-order chi connectivity index (χ1) is 11.2. The smallest absolute Gasteiger partial charge is 0.230 e. The van der Waals surface area contributed by atoms with Crippen LogP contribution in [0.3, 0.4) is 0 Å². The minimum atomic E-state index is 0.0792. The van der Waals surface area contributed by atoms with Crippen LogP contribution in [0, 0.1) is 5.92 Å². The predicted octanol–water partition coefficient (Wildman–Crippen LogP) is 2.47. The van der Waals surface area contributed by atoms with Gasteiger partial charge in [0.05, 0.1) is 5.75 Å². The molecule has 1 aromatic rings. The molecule has 6 nitrogen and oxygen atoms in total. The quantitative estimate of drug-likeness (QED) is 0.775. The summed E-state index contributed by atoms with van der Waals surface area (Å²) in [7, 11) is 0. The number of hydrogen-bond donors (Lipinski definition) is 1. The highest BCUT2D eigenvalue weighted by Gasteiger charge is 2.32. The van der Waals surface area contributed by atoms with Gasteiger partial charge in [0.2, 0.25) is 11.9 Å². The molecular formula is C16H27N5OS. The van der Waals surface area contributed by atoms with Gasteiger partial charge in [-0.05, 0) is 38.0 Å². The van der Waals surface area contributed by atoms with E-state index in [9.17, 15) is 4.79 Å². The van der Waals surface area contributed by atoms with Gasteiger partial charge in [-0.3, -0.25) is 9.36 Å². The van der Waals surface area contributed by atoms with Crippen molar-refractivity contribution in [2.24, 2.45) is 5.92 Å². The summed E-state index contributed by atoms with van der Waals surface area (Å²) in [6, 6.07) is 0.528. The van der Waals surface area contributed by atoms with E-state index < -0.39 is 0 Å². The molecule has 0 spiro atoms. The molecule has 0 atom stereocenters. The summed E-state index contributed by atoms with van der Waals surface area (Å²) in [5, 5.41) is 12.6. The van der Waals surface area contributed by atoms with Gasteiger partial charge in [0.1, 0.15) is 0 Å². The third-order valence-corrected chi connectivity index (χ3v) is 5.47. The zero-order valence-corrected chi connectivity index (χ0v) is 14.9. The second-order valence-corrected chi connectivity index (χ2v) is 7.63. The molecule has 0 bridgehead atoms. The monoisotopic (exact) mass is 337 g/mol. The fourth-order valence-electron chi connectivity index (χ4n) is 2.89. The second-order valence-electron chi connectivity index (χ2n) is 6.69. The lowest BCUT2D eigenvalue weighted by Crippen LogP contribution is -2.34. The number of rotatable bonds is 7. The maximum atomic E-state index is 11.8. The number of hydrogen-bond acceptors (Lipinski definition) is 5. The van der Waals surface area contributed by atoms with Crippen molar-refractivity contribution in [1.29, 1.82) is 0 Å². The SMILES string of the molecule is CCCNC(=O)CSc1nnc(N2CCC(C)CC2)n1C1CC1. The Morgan fingerprint density at radius 1 is 1.26 bits per heavy atom.